The van der Waals surface area contributed by atoms with E-state index in [2.05, 4.69) is 67.9 Å². The highest BCUT2D eigenvalue weighted by molar-refractivity contribution is 5.81. The molecule has 0 unspecified atom stereocenters. The largest absolute Gasteiger partial charge is 0.494 e. The Balaban J connectivity index is 1.58. The van der Waals surface area contributed by atoms with Crippen LogP contribution in [0.15, 0.2) is 54.7 Å². The van der Waals surface area contributed by atoms with Crippen molar-refractivity contribution in [3.63, 3.8) is 0 Å². The van der Waals surface area contributed by atoms with Crippen molar-refractivity contribution in [1.82, 2.24) is 4.57 Å². The fraction of sp³-hybridized carbons (Fsp3) is 0.333. The Bertz CT molecular complexity index is 768. The van der Waals surface area contributed by atoms with E-state index < -0.39 is 0 Å². The minimum Gasteiger partial charge on any atom is -0.494 e. The molecular weight excluding hydrogens is 282 g/mol. The van der Waals surface area contributed by atoms with E-state index in [0.29, 0.717) is 5.92 Å². The third-order valence-corrected chi connectivity index (χ3v) is 4.29. The van der Waals surface area contributed by atoms with Gasteiger partial charge in [0.1, 0.15) is 5.75 Å². The summed E-state index contributed by atoms with van der Waals surface area (Å²) in [5.74, 6) is 1.53. The molecule has 0 fully saturated rings. The van der Waals surface area contributed by atoms with Crippen LogP contribution in [0.3, 0.4) is 0 Å². The van der Waals surface area contributed by atoms with Gasteiger partial charge in [0.25, 0.3) is 0 Å². The van der Waals surface area contributed by atoms with Gasteiger partial charge in [0.2, 0.25) is 0 Å². The number of hydrogen-bond donors (Lipinski definition) is 0. The van der Waals surface area contributed by atoms with Crippen molar-refractivity contribution in [2.75, 3.05) is 6.61 Å². The van der Waals surface area contributed by atoms with E-state index in [-0.39, 0.29) is 0 Å². The summed E-state index contributed by atoms with van der Waals surface area (Å²) >= 11 is 0. The summed E-state index contributed by atoms with van der Waals surface area (Å²) in [5, 5.41) is 1.33. The zero-order valence-electron chi connectivity index (χ0n) is 14.3. The molecule has 0 radical (unpaired) electrons. The fourth-order valence-corrected chi connectivity index (χ4v) is 2.83. The number of aryl methyl sites for hydroxylation is 2. The third kappa shape index (κ3) is 3.76. The van der Waals surface area contributed by atoms with Crippen molar-refractivity contribution >= 4 is 10.9 Å². The van der Waals surface area contributed by atoms with Gasteiger partial charge in [-0.3, -0.25) is 0 Å². The lowest BCUT2D eigenvalue weighted by Gasteiger charge is -2.09. The predicted molar refractivity (Wildman–Crippen MR) is 97.3 cm³/mol. The van der Waals surface area contributed by atoms with Crippen LogP contribution in [0.5, 0.6) is 5.75 Å². The van der Waals surface area contributed by atoms with E-state index in [0.717, 1.165) is 25.3 Å². The van der Waals surface area contributed by atoms with Gasteiger partial charge in [0.05, 0.1) is 6.61 Å². The maximum Gasteiger partial charge on any atom is 0.119 e. The van der Waals surface area contributed by atoms with Gasteiger partial charge < -0.3 is 9.30 Å². The molecular formula is C21H25NO. The van der Waals surface area contributed by atoms with Crippen LogP contribution in [0.4, 0.5) is 0 Å². The topological polar surface area (TPSA) is 14.2 Å². The monoisotopic (exact) mass is 307 g/mol. The smallest absolute Gasteiger partial charge is 0.119 e. The van der Waals surface area contributed by atoms with E-state index in [1.54, 1.807) is 0 Å². The van der Waals surface area contributed by atoms with Crippen LogP contribution in [0.1, 0.15) is 37.3 Å². The summed E-state index contributed by atoms with van der Waals surface area (Å²) in [4.78, 5) is 0. The van der Waals surface area contributed by atoms with Gasteiger partial charge in [-0.15, -0.1) is 0 Å². The highest BCUT2D eigenvalue weighted by Gasteiger charge is 2.04. The lowest BCUT2D eigenvalue weighted by molar-refractivity contribution is 0.302. The molecule has 1 aromatic heterocycles. The van der Waals surface area contributed by atoms with Crippen LogP contribution in [0, 0.1) is 6.92 Å². The minimum absolute atomic E-state index is 0.575. The molecule has 0 N–H and O–H groups in total. The van der Waals surface area contributed by atoms with Gasteiger partial charge in [-0.2, -0.15) is 0 Å². The molecule has 0 aliphatic heterocycles. The first-order valence-electron chi connectivity index (χ1n) is 8.42. The second-order valence-corrected chi connectivity index (χ2v) is 6.50. The Labute approximate surface area is 138 Å². The number of aromatic nitrogens is 1. The Morgan fingerprint density at radius 2 is 1.78 bits per heavy atom. The normalized spacial score (nSPS) is 11.3. The number of fused-ring (bicyclic) bond motifs is 1. The summed E-state index contributed by atoms with van der Waals surface area (Å²) in [5.41, 5.74) is 3.97. The zero-order valence-corrected chi connectivity index (χ0v) is 14.3. The molecule has 0 aliphatic carbocycles. The molecule has 2 heteroatoms. The third-order valence-electron chi connectivity index (χ3n) is 4.29. The second kappa shape index (κ2) is 6.91. The average molecular weight is 307 g/mol. The molecule has 0 bridgehead atoms. The first-order chi connectivity index (χ1) is 11.1. The fourth-order valence-electron chi connectivity index (χ4n) is 2.83. The summed E-state index contributed by atoms with van der Waals surface area (Å²) < 4.78 is 8.13. The SMILES string of the molecule is Cc1ccc(OCCCn2ccc3cc(C(C)C)ccc32)cc1. The summed E-state index contributed by atoms with van der Waals surface area (Å²) in [7, 11) is 0. The zero-order chi connectivity index (χ0) is 16.2. The maximum absolute atomic E-state index is 5.81. The van der Waals surface area contributed by atoms with Crippen LogP contribution < -0.4 is 4.74 Å². The first-order valence-corrected chi connectivity index (χ1v) is 8.42. The standard InChI is InChI=1S/C21H25NO/c1-16(2)18-7-10-21-19(15-18)11-13-22(21)12-4-14-23-20-8-5-17(3)6-9-20/h5-11,13,15-16H,4,12,14H2,1-3H3. The van der Waals surface area contributed by atoms with Gasteiger partial charge in [-0.05, 0) is 60.5 Å². The van der Waals surface area contributed by atoms with Gasteiger partial charge in [-0.25, -0.2) is 0 Å². The molecule has 0 saturated carbocycles. The lowest BCUT2D eigenvalue weighted by atomic mass is 10.0. The molecule has 0 spiro atoms. The Kier molecular flexibility index (Phi) is 4.71. The van der Waals surface area contributed by atoms with Crippen LogP contribution in [-0.4, -0.2) is 11.2 Å². The molecule has 3 rings (SSSR count). The quantitative estimate of drug-likeness (QED) is 0.545. The molecule has 2 nitrogen and oxygen atoms in total. The molecule has 0 amide bonds. The summed E-state index contributed by atoms with van der Waals surface area (Å²) in [6, 6.07) is 17.2. The Hall–Kier alpha value is -2.22. The van der Waals surface area contributed by atoms with Crippen molar-refractivity contribution in [1.29, 1.82) is 0 Å². The van der Waals surface area contributed by atoms with Crippen molar-refractivity contribution in [3.05, 3.63) is 65.9 Å². The van der Waals surface area contributed by atoms with Crippen LogP contribution in [0.25, 0.3) is 10.9 Å². The van der Waals surface area contributed by atoms with Gasteiger partial charge in [0, 0.05) is 18.3 Å². The van der Waals surface area contributed by atoms with Crippen molar-refractivity contribution in [2.24, 2.45) is 0 Å². The van der Waals surface area contributed by atoms with Crippen molar-refractivity contribution < 1.29 is 4.74 Å². The number of rotatable bonds is 6. The number of benzene rings is 2. The lowest BCUT2D eigenvalue weighted by Crippen LogP contribution is -2.03. The van der Waals surface area contributed by atoms with Crippen LogP contribution in [-0.2, 0) is 6.54 Å². The molecule has 2 aromatic carbocycles. The van der Waals surface area contributed by atoms with E-state index in [1.165, 1.54) is 22.0 Å². The van der Waals surface area contributed by atoms with E-state index >= 15 is 0 Å². The Morgan fingerprint density at radius 3 is 2.52 bits per heavy atom. The Morgan fingerprint density at radius 1 is 1.00 bits per heavy atom. The maximum atomic E-state index is 5.81. The van der Waals surface area contributed by atoms with Crippen LogP contribution in [0.2, 0.25) is 0 Å². The van der Waals surface area contributed by atoms with Gasteiger partial charge in [-0.1, -0.05) is 37.6 Å². The second-order valence-electron chi connectivity index (χ2n) is 6.50. The molecule has 3 aromatic rings. The molecule has 120 valence electrons. The molecule has 23 heavy (non-hydrogen) atoms. The summed E-state index contributed by atoms with van der Waals surface area (Å²) in [6.07, 6.45) is 3.18. The van der Waals surface area contributed by atoms with E-state index in [4.69, 9.17) is 4.74 Å². The predicted octanol–water partition coefficient (Wildman–Crippen LogP) is 5.54. The van der Waals surface area contributed by atoms with E-state index in [9.17, 15) is 0 Å². The molecule has 0 aliphatic rings. The highest BCUT2D eigenvalue weighted by Crippen LogP contribution is 2.22. The number of hydrogen-bond acceptors (Lipinski definition) is 1. The highest BCUT2D eigenvalue weighted by atomic mass is 16.5. The number of nitrogens with zero attached hydrogens (tertiary/aromatic N) is 1. The molecule has 0 saturated heterocycles. The van der Waals surface area contributed by atoms with Crippen molar-refractivity contribution in [2.45, 2.75) is 39.7 Å². The minimum atomic E-state index is 0.575. The molecule has 1 heterocycles. The van der Waals surface area contributed by atoms with Gasteiger partial charge in [0.15, 0.2) is 0 Å². The van der Waals surface area contributed by atoms with Crippen molar-refractivity contribution in [3.8, 4) is 5.75 Å². The molecule has 0 atom stereocenters. The van der Waals surface area contributed by atoms with Crippen LogP contribution >= 0.6 is 0 Å². The summed E-state index contributed by atoms with van der Waals surface area (Å²) in [6.45, 7) is 8.29. The van der Waals surface area contributed by atoms with E-state index in [1.807, 2.05) is 12.1 Å². The average Bonchev–Trinajstić information content (AvgIpc) is 2.95. The number of ether oxygens (including phenoxy) is 1. The van der Waals surface area contributed by atoms with Gasteiger partial charge >= 0.3 is 0 Å². The first kappa shape index (κ1) is 15.7.